The van der Waals surface area contributed by atoms with E-state index >= 15 is 4.57 Å². The molecule has 0 saturated carbocycles. The van der Waals surface area contributed by atoms with Crippen LogP contribution in [-0.2, 0) is 38.8 Å². The lowest BCUT2D eigenvalue weighted by Crippen LogP contribution is -2.34. The number of aromatic amines is 2. The van der Waals surface area contributed by atoms with E-state index in [4.69, 9.17) is 42.0 Å². The SMILES string of the molecule is COc1ccc(C(OC/C(=C/n2cc(C)c(=O)[nH]c2=O)COP(=O)(OCCC#N)OC/C(=C\n2cc(C)c(=O)[nH]c2=O)COC(c2ccccc2)(c2ccc(OC)cc2)c2ccc(OC)cc2)(c2ccccc2)c2ccc(OC)cc2)cc1. The first kappa shape index (κ1) is 60.0. The maximum absolute atomic E-state index is 15.3. The molecule has 0 unspecified atom stereocenters. The van der Waals surface area contributed by atoms with E-state index in [1.54, 1.807) is 77.0 Å². The zero-order valence-corrected chi connectivity index (χ0v) is 47.5. The van der Waals surface area contributed by atoms with Gasteiger partial charge in [0.15, 0.2) is 0 Å². The summed E-state index contributed by atoms with van der Waals surface area (Å²) in [6, 6.07) is 50.2. The fourth-order valence-corrected chi connectivity index (χ4v) is 10.4. The zero-order chi connectivity index (χ0) is 59.0. The lowest BCUT2D eigenvalue weighted by atomic mass is 9.80. The van der Waals surface area contributed by atoms with Crippen LogP contribution in [0.15, 0.2) is 200 Å². The van der Waals surface area contributed by atoms with Gasteiger partial charge >= 0.3 is 19.2 Å². The Morgan fingerprint density at radius 2 is 0.795 bits per heavy atom. The lowest BCUT2D eigenvalue weighted by molar-refractivity contribution is 0.0217. The highest BCUT2D eigenvalue weighted by molar-refractivity contribution is 7.48. The number of ether oxygens (including phenoxy) is 6. The van der Waals surface area contributed by atoms with Crippen molar-refractivity contribution in [2.24, 2.45) is 0 Å². The molecule has 2 aromatic heterocycles. The van der Waals surface area contributed by atoms with Crippen molar-refractivity contribution >= 4 is 20.2 Å². The molecule has 20 heteroatoms. The van der Waals surface area contributed by atoms with Crippen LogP contribution in [0.25, 0.3) is 12.4 Å². The van der Waals surface area contributed by atoms with Crippen molar-refractivity contribution in [2.45, 2.75) is 31.5 Å². The summed E-state index contributed by atoms with van der Waals surface area (Å²) in [5.74, 6) is 2.37. The average Bonchev–Trinajstić information content (AvgIpc) is 3.68. The van der Waals surface area contributed by atoms with E-state index in [2.05, 4.69) is 9.97 Å². The number of aryl methyl sites for hydroxylation is 2. The van der Waals surface area contributed by atoms with E-state index in [1.165, 1.54) is 38.6 Å². The van der Waals surface area contributed by atoms with Gasteiger partial charge in [0.25, 0.3) is 11.1 Å². The van der Waals surface area contributed by atoms with Crippen LogP contribution >= 0.6 is 7.82 Å². The number of phosphoric ester groups is 1. The van der Waals surface area contributed by atoms with Gasteiger partial charge in [-0.05, 0) is 107 Å². The highest BCUT2D eigenvalue weighted by Gasteiger charge is 2.40. The molecule has 0 fully saturated rings. The number of benzene rings is 6. The molecule has 0 amide bonds. The third kappa shape index (κ3) is 14.1. The van der Waals surface area contributed by atoms with Gasteiger partial charge in [-0.2, -0.15) is 5.26 Å². The van der Waals surface area contributed by atoms with E-state index in [-0.39, 0.29) is 41.9 Å². The molecule has 0 saturated heterocycles. The van der Waals surface area contributed by atoms with Crippen molar-refractivity contribution in [3.63, 3.8) is 0 Å². The fourth-order valence-electron chi connectivity index (χ4n) is 9.18. The van der Waals surface area contributed by atoms with E-state index in [9.17, 15) is 24.4 Å². The van der Waals surface area contributed by atoms with Crippen LogP contribution in [0.4, 0.5) is 0 Å². The summed E-state index contributed by atoms with van der Waals surface area (Å²) in [7, 11) is 1.42. The van der Waals surface area contributed by atoms with Crippen LogP contribution in [0.2, 0.25) is 0 Å². The van der Waals surface area contributed by atoms with Crippen molar-refractivity contribution in [2.75, 3.05) is 61.5 Å². The molecule has 83 heavy (non-hydrogen) atoms. The number of nitriles is 1. The molecule has 0 aliphatic rings. The Morgan fingerprint density at radius 1 is 0.482 bits per heavy atom. The van der Waals surface area contributed by atoms with Crippen molar-refractivity contribution in [3.8, 4) is 29.1 Å². The quantitative estimate of drug-likeness (QED) is 0.0277. The van der Waals surface area contributed by atoms with Crippen LogP contribution in [0.3, 0.4) is 0 Å². The maximum Gasteiger partial charge on any atom is 0.475 e. The van der Waals surface area contributed by atoms with Crippen LogP contribution in [-0.4, -0.2) is 80.6 Å². The number of nitrogens with zero attached hydrogens (tertiary/aromatic N) is 3. The van der Waals surface area contributed by atoms with Crippen molar-refractivity contribution in [1.82, 2.24) is 19.1 Å². The summed E-state index contributed by atoms with van der Waals surface area (Å²) in [4.78, 5) is 56.9. The molecule has 8 aromatic rings. The second-order valence-corrected chi connectivity index (χ2v) is 20.5. The summed E-state index contributed by atoms with van der Waals surface area (Å²) in [6.07, 6.45) is 5.22. The van der Waals surface area contributed by atoms with E-state index in [1.807, 2.05) is 115 Å². The molecule has 6 aromatic carbocycles. The third-order valence-corrected chi connectivity index (χ3v) is 14.9. The normalized spacial score (nSPS) is 12.7. The van der Waals surface area contributed by atoms with Gasteiger partial charge in [0.2, 0.25) is 0 Å². The summed E-state index contributed by atoms with van der Waals surface area (Å²) in [5, 5.41) is 9.64. The number of rotatable bonds is 27. The Labute approximate surface area is 478 Å². The molecule has 428 valence electrons. The molecule has 0 aliphatic carbocycles. The van der Waals surface area contributed by atoms with Gasteiger partial charge in [-0.1, -0.05) is 109 Å². The second-order valence-electron chi connectivity index (χ2n) is 18.9. The van der Waals surface area contributed by atoms with Crippen LogP contribution in [0, 0.1) is 25.2 Å². The minimum atomic E-state index is -4.83. The first-order chi connectivity index (χ1) is 40.2. The Hall–Kier alpha value is -9.12. The lowest BCUT2D eigenvalue weighted by Gasteiger charge is -2.36. The Kier molecular flexibility index (Phi) is 19.9. The third-order valence-electron chi connectivity index (χ3n) is 13.5. The van der Waals surface area contributed by atoms with Gasteiger partial charge in [0.1, 0.15) is 34.2 Å². The summed E-state index contributed by atoms with van der Waals surface area (Å²) < 4.78 is 72.4. The van der Waals surface area contributed by atoms with Gasteiger partial charge < -0.3 is 28.4 Å². The number of H-pyrrole nitrogens is 2. The highest BCUT2D eigenvalue weighted by atomic mass is 31.2. The molecule has 8 rings (SSSR count). The minimum absolute atomic E-state index is 0.189. The van der Waals surface area contributed by atoms with Crippen molar-refractivity contribution in [3.05, 3.63) is 267 Å². The van der Waals surface area contributed by atoms with Crippen LogP contribution in [0.5, 0.6) is 23.0 Å². The molecular formula is C63H62N5O14P. The first-order valence-electron chi connectivity index (χ1n) is 26.1. The first-order valence-corrected chi connectivity index (χ1v) is 27.5. The van der Waals surface area contributed by atoms with Crippen LogP contribution < -0.4 is 41.4 Å². The van der Waals surface area contributed by atoms with Gasteiger partial charge in [0.05, 0.1) is 74.0 Å². The van der Waals surface area contributed by atoms with Crippen molar-refractivity contribution in [1.29, 1.82) is 5.26 Å². The number of aromatic nitrogens is 4. The number of hydrogen-bond acceptors (Lipinski definition) is 15. The van der Waals surface area contributed by atoms with Gasteiger partial charge in [0, 0.05) is 35.9 Å². The molecule has 0 spiro atoms. The molecule has 0 bridgehead atoms. The predicted octanol–water partition coefficient (Wildman–Crippen LogP) is 9.51. The molecule has 19 nitrogen and oxygen atoms in total. The number of methoxy groups -OCH3 is 4. The van der Waals surface area contributed by atoms with Crippen LogP contribution in [0.1, 0.15) is 50.9 Å². The fraction of sp³-hybridized carbons (Fsp3) is 0.222. The predicted molar refractivity (Wildman–Crippen MR) is 313 cm³/mol. The average molecular weight is 1140 g/mol. The largest absolute Gasteiger partial charge is 0.497 e. The number of hydrogen-bond donors (Lipinski definition) is 2. The van der Waals surface area contributed by atoms with E-state index in [0.717, 1.165) is 9.13 Å². The molecule has 0 radical (unpaired) electrons. The van der Waals surface area contributed by atoms with E-state index in [0.29, 0.717) is 56.4 Å². The van der Waals surface area contributed by atoms with Crippen molar-refractivity contribution < 1.29 is 46.6 Å². The Morgan fingerprint density at radius 3 is 1.10 bits per heavy atom. The van der Waals surface area contributed by atoms with Gasteiger partial charge in [-0.25, -0.2) is 14.2 Å². The Bertz CT molecular complexity index is 3540. The summed E-state index contributed by atoms with van der Waals surface area (Å²) in [6.45, 7) is 0.805. The molecule has 2 N–H and O–H groups in total. The number of nitrogens with one attached hydrogen (secondary N) is 2. The topological polar surface area (TPSA) is 234 Å². The van der Waals surface area contributed by atoms with E-state index < -0.39 is 61.3 Å². The summed E-state index contributed by atoms with van der Waals surface area (Å²) >= 11 is 0. The Balaban J connectivity index is 1.21. The van der Waals surface area contributed by atoms with Gasteiger partial charge in [-0.15, -0.1) is 0 Å². The monoisotopic (exact) mass is 1140 g/mol. The highest BCUT2D eigenvalue weighted by Crippen LogP contribution is 2.51. The molecular weight excluding hydrogens is 1080 g/mol. The second kappa shape index (κ2) is 27.6. The molecule has 2 heterocycles. The standard InChI is InChI=1S/C63H62N5O14P/c1-44-36-67(60(71)65-58(44)69)38-46(40-78-62(48-14-9-7-10-15-48,50-18-26-54(74-3)27-19-50)51-20-28-55(75-4)29-21-51)42-81-83(73,80-35-13-34-64)82-43-47(39-68-37-45(2)59(70)66-61(68)72)41-79-63(49-16-11-8-12-17-49,52-22-30-56(76-5)31-23-52)53-24-32-57(77-6)33-25-53/h7-12,14-33,36-39H,13,35,40-43H2,1-6H3,(H,65,69,71)(H,66,70,72)/b46-38-,47-39-. The van der Waals surface area contributed by atoms with Gasteiger partial charge in [-0.3, -0.25) is 42.3 Å². The summed E-state index contributed by atoms with van der Waals surface area (Å²) in [5.41, 5.74) is -0.651. The molecule has 0 aliphatic heterocycles. The zero-order valence-electron chi connectivity index (χ0n) is 46.6. The smallest absolute Gasteiger partial charge is 0.475 e. The number of phosphoric acid groups is 1. The maximum atomic E-state index is 15.3. The minimum Gasteiger partial charge on any atom is -0.497 e. The molecule has 0 atom stereocenters.